The molecule has 2 aromatic rings. The molecule has 2 rings (SSSR count). The van der Waals surface area contributed by atoms with Gasteiger partial charge in [-0.25, -0.2) is 4.79 Å². The van der Waals surface area contributed by atoms with Crippen molar-refractivity contribution in [3.05, 3.63) is 71.3 Å². The zero-order valence-electron chi connectivity index (χ0n) is 17.9. The second-order valence-electron chi connectivity index (χ2n) is 6.82. The van der Waals surface area contributed by atoms with E-state index >= 15 is 0 Å². The maximum Gasteiger partial charge on any atom is 0.416 e. The van der Waals surface area contributed by atoms with Crippen LogP contribution in [-0.4, -0.2) is 31.9 Å². The number of carbonyl (C=O) groups excluding carboxylic acids is 1. The second-order valence-corrected chi connectivity index (χ2v) is 6.82. The average molecular weight is 436 g/mol. The fourth-order valence-electron chi connectivity index (χ4n) is 2.90. The number of hydrogen-bond acceptors (Lipinski definition) is 4. The van der Waals surface area contributed by atoms with Crippen LogP contribution in [0.3, 0.4) is 0 Å². The Labute approximate surface area is 180 Å². The number of hydrogen-bond donors (Lipinski definition) is 0. The highest BCUT2D eigenvalue weighted by Gasteiger charge is 2.30. The molecule has 0 saturated carbocycles. The summed E-state index contributed by atoms with van der Waals surface area (Å²) in [6.07, 6.45) is -2.91. The van der Waals surface area contributed by atoms with Gasteiger partial charge >= 0.3 is 12.1 Å². The molecular formula is C24H27F3O4. The zero-order chi connectivity index (χ0) is 22.9. The van der Waals surface area contributed by atoms with Crippen LogP contribution in [0.1, 0.15) is 37.5 Å². The van der Waals surface area contributed by atoms with Crippen molar-refractivity contribution >= 4 is 11.5 Å². The van der Waals surface area contributed by atoms with Gasteiger partial charge in [-0.1, -0.05) is 24.3 Å². The maximum absolute atomic E-state index is 12.9. The van der Waals surface area contributed by atoms with Gasteiger partial charge in [-0.05, 0) is 67.8 Å². The Morgan fingerprint density at radius 1 is 1.06 bits per heavy atom. The number of esters is 1. The highest BCUT2D eigenvalue weighted by atomic mass is 19.4. The summed E-state index contributed by atoms with van der Waals surface area (Å²) in [6.45, 7) is 6.22. The van der Waals surface area contributed by atoms with Crippen molar-refractivity contribution in [3.8, 4) is 5.75 Å². The van der Waals surface area contributed by atoms with Crippen LogP contribution < -0.4 is 4.74 Å². The molecule has 7 heteroatoms. The van der Waals surface area contributed by atoms with Crippen LogP contribution in [0.5, 0.6) is 5.75 Å². The van der Waals surface area contributed by atoms with Crippen LogP contribution in [0.2, 0.25) is 0 Å². The molecule has 0 radical (unpaired) electrons. The lowest BCUT2D eigenvalue weighted by Crippen LogP contribution is -2.28. The number of carbonyl (C=O) groups is 1. The molecule has 0 bridgehead atoms. The summed E-state index contributed by atoms with van der Waals surface area (Å²) in [6, 6.07) is 12.4. The predicted molar refractivity (Wildman–Crippen MR) is 113 cm³/mol. The first kappa shape index (κ1) is 24.5. The van der Waals surface area contributed by atoms with E-state index in [9.17, 15) is 18.0 Å². The van der Waals surface area contributed by atoms with Gasteiger partial charge < -0.3 is 14.2 Å². The van der Waals surface area contributed by atoms with Gasteiger partial charge in [0.25, 0.3) is 0 Å². The van der Waals surface area contributed by atoms with Crippen LogP contribution >= 0.6 is 0 Å². The highest BCUT2D eigenvalue weighted by molar-refractivity contribution is 5.75. The summed E-state index contributed by atoms with van der Waals surface area (Å²) in [5.41, 5.74) is 1.41. The minimum Gasteiger partial charge on any atom is -0.490 e. The Bertz CT molecular complexity index is 873. The number of rotatable bonds is 10. The normalized spacial score (nSPS) is 13.0. The lowest BCUT2D eigenvalue weighted by atomic mass is 10.0. The minimum absolute atomic E-state index is 0.214. The number of benzene rings is 2. The van der Waals surface area contributed by atoms with E-state index in [1.807, 2.05) is 19.1 Å². The molecular weight excluding hydrogens is 409 g/mol. The smallest absolute Gasteiger partial charge is 0.416 e. The molecule has 0 aliphatic carbocycles. The minimum atomic E-state index is -4.37. The number of allylic oxidation sites excluding steroid dienone is 1. The molecule has 0 aliphatic heterocycles. The van der Waals surface area contributed by atoms with Gasteiger partial charge in [0.2, 0.25) is 0 Å². The predicted octanol–water partition coefficient (Wildman–Crippen LogP) is 5.70. The molecule has 168 valence electrons. The van der Waals surface area contributed by atoms with E-state index in [0.29, 0.717) is 36.5 Å². The van der Waals surface area contributed by atoms with Crippen LogP contribution in [0, 0.1) is 0 Å². The SMILES string of the molecule is CCOC(=O)C(Cc1ccc(OC/C=C(\C)c2cccc(C(F)(F)F)c2)cc1)OCC. The summed E-state index contributed by atoms with van der Waals surface area (Å²) >= 11 is 0. The monoisotopic (exact) mass is 436 g/mol. The largest absolute Gasteiger partial charge is 0.490 e. The first-order chi connectivity index (χ1) is 14.7. The standard InChI is InChI=1S/C24H27F3O4/c1-4-29-22(23(28)30-5-2)15-18-9-11-21(12-10-18)31-14-13-17(3)19-7-6-8-20(16-19)24(25,26)27/h6-13,16,22H,4-5,14-15H2,1-3H3/b17-13+. The van der Waals surface area contributed by atoms with E-state index in [1.54, 1.807) is 38.1 Å². The summed E-state index contributed by atoms with van der Waals surface area (Å²) in [5, 5.41) is 0. The van der Waals surface area contributed by atoms with Gasteiger partial charge in [0.1, 0.15) is 12.4 Å². The fourth-order valence-corrected chi connectivity index (χ4v) is 2.90. The van der Waals surface area contributed by atoms with Crippen molar-refractivity contribution in [2.24, 2.45) is 0 Å². The van der Waals surface area contributed by atoms with Crippen LogP contribution in [0.4, 0.5) is 13.2 Å². The molecule has 0 spiro atoms. The topological polar surface area (TPSA) is 44.8 Å². The summed E-state index contributed by atoms with van der Waals surface area (Å²) in [5.74, 6) is 0.223. The molecule has 0 N–H and O–H groups in total. The van der Waals surface area contributed by atoms with Crippen LogP contribution in [0.15, 0.2) is 54.6 Å². The zero-order valence-corrected chi connectivity index (χ0v) is 17.9. The Kier molecular flexibility index (Phi) is 9.12. The van der Waals surface area contributed by atoms with E-state index in [2.05, 4.69) is 0 Å². The number of halogens is 3. The van der Waals surface area contributed by atoms with Crippen molar-refractivity contribution in [1.29, 1.82) is 0 Å². The molecule has 1 atom stereocenters. The summed E-state index contributed by atoms with van der Waals surface area (Å²) in [7, 11) is 0. The first-order valence-electron chi connectivity index (χ1n) is 10.1. The second kappa shape index (κ2) is 11.6. The van der Waals surface area contributed by atoms with Crippen LogP contribution in [-0.2, 0) is 26.9 Å². The summed E-state index contributed by atoms with van der Waals surface area (Å²) < 4.78 is 54.8. The van der Waals surface area contributed by atoms with Crippen molar-refractivity contribution in [2.45, 2.75) is 39.5 Å². The molecule has 2 aromatic carbocycles. The lowest BCUT2D eigenvalue weighted by molar-refractivity contribution is -0.156. The third kappa shape index (κ3) is 7.75. The Morgan fingerprint density at radius 3 is 2.39 bits per heavy atom. The molecule has 0 aliphatic rings. The molecule has 0 fully saturated rings. The number of alkyl halides is 3. The van der Waals surface area contributed by atoms with Gasteiger partial charge in [0, 0.05) is 13.0 Å². The fraction of sp³-hybridized carbons (Fsp3) is 0.375. The molecule has 4 nitrogen and oxygen atoms in total. The highest BCUT2D eigenvalue weighted by Crippen LogP contribution is 2.30. The first-order valence-corrected chi connectivity index (χ1v) is 10.1. The molecule has 0 aromatic heterocycles. The van der Waals surface area contributed by atoms with Gasteiger partial charge in [-0.2, -0.15) is 13.2 Å². The Hall–Kier alpha value is -2.80. The quantitative estimate of drug-likeness (QED) is 0.448. The van der Waals surface area contributed by atoms with Crippen molar-refractivity contribution in [2.75, 3.05) is 19.8 Å². The van der Waals surface area contributed by atoms with Crippen molar-refractivity contribution in [3.63, 3.8) is 0 Å². The third-order valence-corrected chi connectivity index (χ3v) is 4.55. The van der Waals surface area contributed by atoms with E-state index < -0.39 is 17.8 Å². The molecule has 0 heterocycles. The van der Waals surface area contributed by atoms with E-state index in [0.717, 1.165) is 17.7 Å². The molecule has 1 unspecified atom stereocenters. The van der Waals surface area contributed by atoms with Crippen LogP contribution in [0.25, 0.3) is 5.57 Å². The van der Waals surface area contributed by atoms with E-state index in [4.69, 9.17) is 14.2 Å². The molecule has 31 heavy (non-hydrogen) atoms. The van der Waals surface area contributed by atoms with Gasteiger partial charge in [0.15, 0.2) is 6.10 Å². The van der Waals surface area contributed by atoms with E-state index in [1.165, 1.54) is 6.07 Å². The Balaban J connectivity index is 1.95. The van der Waals surface area contributed by atoms with Crippen molar-refractivity contribution in [1.82, 2.24) is 0 Å². The average Bonchev–Trinajstić information content (AvgIpc) is 2.74. The van der Waals surface area contributed by atoms with Gasteiger partial charge in [0.05, 0.1) is 12.2 Å². The van der Waals surface area contributed by atoms with E-state index in [-0.39, 0.29) is 12.6 Å². The maximum atomic E-state index is 12.9. The lowest BCUT2D eigenvalue weighted by Gasteiger charge is -2.15. The van der Waals surface area contributed by atoms with Gasteiger partial charge in [-0.3, -0.25) is 0 Å². The van der Waals surface area contributed by atoms with Gasteiger partial charge in [-0.15, -0.1) is 0 Å². The Morgan fingerprint density at radius 2 is 1.77 bits per heavy atom. The number of ether oxygens (including phenoxy) is 3. The van der Waals surface area contributed by atoms with Crippen molar-refractivity contribution < 1.29 is 32.2 Å². The molecule has 0 amide bonds. The third-order valence-electron chi connectivity index (χ3n) is 4.55. The molecule has 0 saturated heterocycles. The summed E-state index contributed by atoms with van der Waals surface area (Å²) in [4.78, 5) is 12.0.